The molecule has 1 atom stereocenters. The molecule has 8 heteroatoms. The Morgan fingerprint density at radius 2 is 1.96 bits per heavy atom. The topological polar surface area (TPSA) is 56.1 Å². The third kappa shape index (κ3) is 3.24. The van der Waals surface area contributed by atoms with Crippen LogP contribution in [-0.2, 0) is 4.79 Å². The predicted molar refractivity (Wildman–Crippen MR) is 104 cm³/mol. The maximum atomic E-state index is 14.5. The molecule has 0 aliphatic carbocycles. The van der Waals surface area contributed by atoms with Gasteiger partial charge >= 0.3 is 0 Å². The molecular formula is C20H17F2N3O2S. The van der Waals surface area contributed by atoms with Crippen LogP contribution in [0.1, 0.15) is 22.1 Å². The van der Waals surface area contributed by atoms with E-state index >= 15 is 0 Å². The summed E-state index contributed by atoms with van der Waals surface area (Å²) < 4.78 is 34.7. The van der Waals surface area contributed by atoms with Crippen LogP contribution in [0, 0.1) is 18.6 Å². The summed E-state index contributed by atoms with van der Waals surface area (Å²) >= 11 is 1.29. The average Bonchev–Trinajstić information content (AvgIpc) is 2.88. The van der Waals surface area contributed by atoms with Gasteiger partial charge in [0.25, 0.3) is 0 Å². The SMILES string of the molecule is COc1ccc(-n2nc(C)c3c2NC(=O)CSC3c2ccc(F)cc2F)cc1. The number of anilines is 1. The maximum absolute atomic E-state index is 14.5. The van der Waals surface area contributed by atoms with Crippen molar-refractivity contribution in [3.05, 3.63) is 70.9 Å². The van der Waals surface area contributed by atoms with Crippen LogP contribution in [0.5, 0.6) is 5.75 Å². The average molecular weight is 401 g/mol. The number of hydrogen-bond donors (Lipinski definition) is 1. The highest BCUT2D eigenvalue weighted by Crippen LogP contribution is 2.44. The van der Waals surface area contributed by atoms with Gasteiger partial charge in [0.2, 0.25) is 5.91 Å². The molecule has 3 aromatic rings. The summed E-state index contributed by atoms with van der Waals surface area (Å²) in [7, 11) is 1.58. The second-order valence-corrected chi connectivity index (χ2v) is 7.46. The minimum Gasteiger partial charge on any atom is -0.497 e. The molecule has 1 N–H and O–H groups in total. The van der Waals surface area contributed by atoms with Crippen molar-refractivity contribution in [2.24, 2.45) is 0 Å². The highest BCUT2D eigenvalue weighted by Gasteiger charge is 2.32. The van der Waals surface area contributed by atoms with Crippen molar-refractivity contribution >= 4 is 23.5 Å². The van der Waals surface area contributed by atoms with E-state index in [1.54, 1.807) is 23.9 Å². The number of nitrogens with one attached hydrogen (secondary N) is 1. The molecule has 2 aromatic carbocycles. The van der Waals surface area contributed by atoms with Crippen molar-refractivity contribution in [2.45, 2.75) is 12.2 Å². The number of ether oxygens (including phenoxy) is 1. The Hall–Kier alpha value is -2.87. The van der Waals surface area contributed by atoms with Crippen molar-refractivity contribution in [3.63, 3.8) is 0 Å². The summed E-state index contributed by atoms with van der Waals surface area (Å²) in [6.45, 7) is 1.81. The van der Waals surface area contributed by atoms with Crippen molar-refractivity contribution < 1.29 is 18.3 Å². The highest BCUT2D eigenvalue weighted by atomic mass is 32.2. The molecule has 0 radical (unpaired) electrons. The summed E-state index contributed by atoms with van der Waals surface area (Å²) in [5.41, 5.74) is 2.42. The number of hydrogen-bond acceptors (Lipinski definition) is 4. The minimum absolute atomic E-state index is 0.151. The summed E-state index contributed by atoms with van der Waals surface area (Å²) in [4.78, 5) is 12.3. The molecular weight excluding hydrogens is 384 g/mol. The number of aryl methyl sites for hydroxylation is 1. The number of fused-ring (bicyclic) bond motifs is 1. The van der Waals surface area contributed by atoms with Crippen molar-refractivity contribution in [3.8, 4) is 11.4 Å². The molecule has 4 rings (SSSR count). The minimum atomic E-state index is -0.644. The van der Waals surface area contributed by atoms with Crippen molar-refractivity contribution in [2.75, 3.05) is 18.2 Å². The first kappa shape index (κ1) is 18.5. The molecule has 1 unspecified atom stereocenters. The molecule has 0 bridgehead atoms. The molecule has 0 saturated carbocycles. The van der Waals surface area contributed by atoms with Gasteiger partial charge in [-0.25, -0.2) is 13.5 Å². The van der Waals surface area contributed by atoms with E-state index in [2.05, 4.69) is 10.4 Å². The van der Waals surface area contributed by atoms with E-state index in [1.807, 2.05) is 19.1 Å². The normalized spacial score (nSPS) is 16.3. The van der Waals surface area contributed by atoms with Gasteiger partial charge in [0.15, 0.2) is 0 Å². The fourth-order valence-corrected chi connectivity index (χ4v) is 4.46. The molecule has 0 spiro atoms. The van der Waals surface area contributed by atoms with Gasteiger partial charge in [-0.3, -0.25) is 4.79 Å². The van der Waals surface area contributed by atoms with Gasteiger partial charge in [-0.15, -0.1) is 11.8 Å². The highest BCUT2D eigenvalue weighted by molar-refractivity contribution is 8.00. The van der Waals surface area contributed by atoms with Gasteiger partial charge in [-0.2, -0.15) is 5.10 Å². The summed E-state index contributed by atoms with van der Waals surface area (Å²) in [6.07, 6.45) is 0. The van der Waals surface area contributed by atoms with Crippen molar-refractivity contribution in [1.82, 2.24) is 9.78 Å². The van der Waals surface area contributed by atoms with Gasteiger partial charge < -0.3 is 10.1 Å². The van der Waals surface area contributed by atoms with E-state index in [9.17, 15) is 13.6 Å². The number of amides is 1. The number of carbonyl (C=O) groups is 1. The van der Waals surface area contributed by atoms with Crippen LogP contribution in [0.15, 0.2) is 42.5 Å². The summed E-state index contributed by atoms with van der Waals surface area (Å²) in [5.74, 6) is -0.144. The van der Waals surface area contributed by atoms with E-state index in [0.717, 1.165) is 11.8 Å². The molecule has 28 heavy (non-hydrogen) atoms. The van der Waals surface area contributed by atoms with Crippen LogP contribution in [-0.4, -0.2) is 28.6 Å². The Morgan fingerprint density at radius 3 is 2.64 bits per heavy atom. The van der Waals surface area contributed by atoms with E-state index < -0.39 is 16.9 Å². The molecule has 1 amide bonds. The van der Waals surface area contributed by atoms with Crippen LogP contribution in [0.2, 0.25) is 0 Å². The van der Waals surface area contributed by atoms with Gasteiger partial charge in [0, 0.05) is 17.2 Å². The first-order valence-corrected chi connectivity index (χ1v) is 9.63. The standard InChI is InChI=1S/C20H17F2N3O2S/c1-11-18-19(15-8-3-12(21)9-16(15)22)28-10-17(26)23-20(18)25(24-11)13-4-6-14(27-2)7-5-13/h3-9,19H,10H2,1-2H3,(H,23,26). The lowest BCUT2D eigenvalue weighted by atomic mass is 10.0. The predicted octanol–water partition coefficient (Wildman–Crippen LogP) is 4.24. The fraction of sp³-hybridized carbons (Fsp3) is 0.200. The van der Waals surface area contributed by atoms with Gasteiger partial charge in [0.1, 0.15) is 23.2 Å². The zero-order chi connectivity index (χ0) is 19.8. The third-order valence-corrected chi connectivity index (χ3v) is 5.82. The number of halogens is 2. The molecule has 5 nitrogen and oxygen atoms in total. The third-order valence-electron chi connectivity index (χ3n) is 4.57. The molecule has 2 heterocycles. The second kappa shape index (κ2) is 7.27. The maximum Gasteiger partial charge on any atom is 0.235 e. The summed E-state index contributed by atoms with van der Waals surface area (Å²) in [5, 5.41) is 6.97. The van der Waals surface area contributed by atoms with Gasteiger partial charge in [0.05, 0.1) is 29.5 Å². The Labute approximate surface area is 164 Å². The number of rotatable bonds is 3. The molecule has 1 aliphatic heterocycles. The van der Waals surface area contributed by atoms with E-state index in [1.165, 1.54) is 23.9 Å². The lowest BCUT2D eigenvalue weighted by Gasteiger charge is -2.16. The summed E-state index contributed by atoms with van der Waals surface area (Å²) in [6, 6.07) is 10.7. The van der Waals surface area contributed by atoms with Crippen LogP contribution >= 0.6 is 11.8 Å². The zero-order valence-corrected chi connectivity index (χ0v) is 16.0. The smallest absolute Gasteiger partial charge is 0.235 e. The van der Waals surface area contributed by atoms with Crippen LogP contribution < -0.4 is 10.1 Å². The number of nitrogens with zero attached hydrogens (tertiary/aromatic N) is 2. The number of benzene rings is 2. The second-order valence-electron chi connectivity index (χ2n) is 6.36. The Balaban J connectivity index is 1.87. The number of aromatic nitrogens is 2. The molecule has 144 valence electrons. The van der Waals surface area contributed by atoms with E-state index in [-0.39, 0.29) is 11.7 Å². The first-order chi connectivity index (χ1) is 13.5. The van der Waals surface area contributed by atoms with Crippen LogP contribution in [0.3, 0.4) is 0 Å². The number of carbonyl (C=O) groups excluding carboxylic acids is 1. The molecule has 1 aromatic heterocycles. The first-order valence-electron chi connectivity index (χ1n) is 8.58. The largest absolute Gasteiger partial charge is 0.497 e. The monoisotopic (exact) mass is 401 g/mol. The fourth-order valence-electron chi connectivity index (χ4n) is 3.25. The lowest BCUT2D eigenvalue weighted by Crippen LogP contribution is -2.15. The lowest BCUT2D eigenvalue weighted by molar-refractivity contribution is -0.113. The molecule has 0 fully saturated rings. The van der Waals surface area contributed by atoms with E-state index in [0.29, 0.717) is 28.4 Å². The molecule has 0 saturated heterocycles. The van der Waals surface area contributed by atoms with Crippen LogP contribution in [0.25, 0.3) is 5.69 Å². The Bertz CT molecular complexity index is 1050. The molecule has 1 aliphatic rings. The quantitative estimate of drug-likeness (QED) is 0.713. The number of thioether (sulfide) groups is 1. The number of methoxy groups -OCH3 is 1. The van der Waals surface area contributed by atoms with Gasteiger partial charge in [-0.05, 0) is 37.3 Å². The zero-order valence-electron chi connectivity index (χ0n) is 15.2. The Kier molecular flexibility index (Phi) is 4.80. The Morgan fingerprint density at radius 1 is 1.21 bits per heavy atom. The van der Waals surface area contributed by atoms with E-state index in [4.69, 9.17) is 4.74 Å². The van der Waals surface area contributed by atoms with Crippen LogP contribution in [0.4, 0.5) is 14.6 Å². The van der Waals surface area contributed by atoms with Gasteiger partial charge in [-0.1, -0.05) is 6.07 Å². The van der Waals surface area contributed by atoms with Crippen molar-refractivity contribution in [1.29, 1.82) is 0 Å².